The molecular formula is C6H12N2S. The molecule has 0 spiro atoms. The van der Waals surface area contributed by atoms with E-state index in [0.717, 1.165) is 13.1 Å². The first-order valence-corrected chi connectivity index (χ1v) is 4.29. The first-order chi connectivity index (χ1) is 4.43. The Bertz CT molecular complexity index is 97.2. The van der Waals surface area contributed by atoms with E-state index in [4.69, 9.17) is 5.73 Å². The minimum atomic E-state index is 1.15. The number of nitrogens with zero attached hydrogens (tertiary/aromatic N) is 1. The van der Waals surface area contributed by atoms with Gasteiger partial charge in [-0.3, -0.25) is 0 Å². The highest BCUT2D eigenvalue weighted by molar-refractivity contribution is 7.99. The van der Waals surface area contributed by atoms with Gasteiger partial charge in [-0.05, 0) is 0 Å². The summed E-state index contributed by atoms with van der Waals surface area (Å²) in [5.41, 5.74) is 5.23. The van der Waals surface area contributed by atoms with Gasteiger partial charge in [-0.25, -0.2) is 0 Å². The van der Waals surface area contributed by atoms with Crippen molar-refractivity contribution in [3.63, 3.8) is 0 Å². The fraction of sp³-hybridized carbons (Fsp3) is 0.667. The molecule has 0 saturated carbocycles. The standard InChI is InChI=1S/C6H12N2S/c7-1-2-8-3-5-9-6-4-8/h1-2H,3-7H2/b2-1-. The predicted octanol–water partition coefficient (Wildman–Crippen LogP) is 0.465. The van der Waals surface area contributed by atoms with E-state index in [1.807, 2.05) is 18.0 Å². The molecule has 0 atom stereocenters. The molecule has 3 heteroatoms. The Kier molecular flexibility index (Phi) is 2.77. The largest absolute Gasteiger partial charge is 0.403 e. The van der Waals surface area contributed by atoms with Gasteiger partial charge in [-0.2, -0.15) is 11.8 Å². The maximum Gasteiger partial charge on any atom is 0.0264 e. The molecule has 0 aromatic heterocycles. The molecule has 1 aliphatic rings. The summed E-state index contributed by atoms with van der Waals surface area (Å²) in [5, 5.41) is 0. The average molecular weight is 144 g/mol. The number of rotatable bonds is 1. The highest BCUT2D eigenvalue weighted by Crippen LogP contribution is 2.08. The van der Waals surface area contributed by atoms with Crippen LogP contribution in [0.4, 0.5) is 0 Å². The molecular weight excluding hydrogens is 132 g/mol. The summed E-state index contributed by atoms with van der Waals surface area (Å²) in [4.78, 5) is 2.25. The Morgan fingerprint density at radius 2 is 2.00 bits per heavy atom. The van der Waals surface area contributed by atoms with Gasteiger partial charge in [0.05, 0.1) is 0 Å². The number of thioether (sulfide) groups is 1. The zero-order valence-corrected chi connectivity index (χ0v) is 6.23. The SMILES string of the molecule is N/C=C\N1CCSCC1. The molecule has 0 amide bonds. The van der Waals surface area contributed by atoms with Crippen molar-refractivity contribution in [2.75, 3.05) is 24.6 Å². The van der Waals surface area contributed by atoms with E-state index in [1.54, 1.807) is 6.20 Å². The van der Waals surface area contributed by atoms with Crippen molar-refractivity contribution in [3.05, 3.63) is 12.4 Å². The van der Waals surface area contributed by atoms with Crippen molar-refractivity contribution < 1.29 is 0 Å². The molecule has 0 aromatic rings. The van der Waals surface area contributed by atoms with Crippen LogP contribution in [0.1, 0.15) is 0 Å². The van der Waals surface area contributed by atoms with Crippen molar-refractivity contribution >= 4 is 11.8 Å². The third-order valence-electron chi connectivity index (χ3n) is 1.34. The molecule has 0 bridgehead atoms. The molecule has 2 N–H and O–H groups in total. The minimum absolute atomic E-state index is 1.15. The molecule has 0 unspecified atom stereocenters. The lowest BCUT2D eigenvalue weighted by Gasteiger charge is -2.23. The van der Waals surface area contributed by atoms with E-state index in [-0.39, 0.29) is 0 Å². The van der Waals surface area contributed by atoms with Crippen LogP contribution in [-0.4, -0.2) is 29.5 Å². The van der Waals surface area contributed by atoms with Gasteiger partial charge in [-0.15, -0.1) is 0 Å². The molecule has 0 radical (unpaired) electrons. The summed E-state index contributed by atoms with van der Waals surface area (Å²) >= 11 is 2.01. The van der Waals surface area contributed by atoms with Gasteiger partial charge in [0.1, 0.15) is 0 Å². The van der Waals surface area contributed by atoms with Crippen molar-refractivity contribution in [1.29, 1.82) is 0 Å². The molecule has 1 heterocycles. The van der Waals surface area contributed by atoms with Crippen LogP contribution in [0.25, 0.3) is 0 Å². The summed E-state index contributed by atoms with van der Waals surface area (Å²) in [6.45, 7) is 2.30. The lowest BCUT2D eigenvalue weighted by molar-refractivity contribution is 0.416. The summed E-state index contributed by atoms with van der Waals surface area (Å²) in [6, 6.07) is 0. The van der Waals surface area contributed by atoms with Crippen LogP contribution in [0.3, 0.4) is 0 Å². The maximum absolute atomic E-state index is 5.23. The highest BCUT2D eigenvalue weighted by Gasteiger charge is 2.03. The summed E-state index contributed by atoms with van der Waals surface area (Å²) in [7, 11) is 0. The second-order valence-electron chi connectivity index (χ2n) is 1.99. The molecule has 2 nitrogen and oxygen atoms in total. The van der Waals surface area contributed by atoms with Crippen LogP contribution >= 0.6 is 11.8 Å². The van der Waals surface area contributed by atoms with Crippen molar-refractivity contribution in [2.24, 2.45) is 5.73 Å². The van der Waals surface area contributed by atoms with Crippen LogP contribution in [0.2, 0.25) is 0 Å². The smallest absolute Gasteiger partial charge is 0.0264 e. The third kappa shape index (κ3) is 2.18. The van der Waals surface area contributed by atoms with Gasteiger partial charge in [0, 0.05) is 37.0 Å². The van der Waals surface area contributed by atoms with E-state index >= 15 is 0 Å². The van der Waals surface area contributed by atoms with E-state index in [1.165, 1.54) is 11.5 Å². The summed E-state index contributed by atoms with van der Waals surface area (Å²) in [6.07, 6.45) is 3.57. The monoisotopic (exact) mass is 144 g/mol. The minimum Gasteiger partial charge on any atom is -0.403 e. The maximum atomic E-state index is 5.23. The molecule has 9 heavy (non-hydrogen) atoms. The number of nitrogens with two attached hydrogens (primary N) is 1. The molecule has 1 rings (SSSR count). The Hall–Kier alpha value is -0.310. The van der Waals surface area contributed by atoms with E-state index in [0.29, 0.717) is 0 Å². The lowest BCUT2D eigenvalue weighted by atomic mass is 10.5. The van der Waals surface area contributed by atoms with Crippen LogP contribution in [0, 0.1) is 0 Å². The van der Waals surface area contributed by atoms with E-state index in [2.05, 4.69) is 4.90 Å². The predicted molar refractivity (Wildman–Crippen MR) is 42.2 cm³/mol. The zero-order valence-electron chi connectivity index (χ0n) is 5.42. The molecule has 1 fully saturated rings. The average Bonchev–Trinajstić information content (AvgIpc) is 1.91. The summed E-state index contributed by atoms with van der Waals surface area (Å²) in [5.74, 6) is 2.48. The molecule has 1 aliphatic heterocycles. The Morgan fingerprint density at radius 3 is 2.56 bits per heavy atom. The van der Waals surface area contributed by atoms with Crippen LogP contribution in [-0.2, 0) is 0 Å². The molecule has 0 aromatic carbocycles. The topological polar surface area (TPSA) is 29.3 Å². The molecule has 52 valence electrons. The first kappa shape index (κ1) is 6.81. The van der Waals surface area contributed by atoms with Gasteiger partial charge in [0.2, 0.25) is 0 Å². The fourth-order valence-electron chi connectivity index (χ4n) is 0.848. The summed E-state index contributed by atoms with van der Waals surface area (Å²) < 4.78 is 0. The molecule has 0 aliphatic carbocycles. The fourth-order valence-corrected chi connectivity index (χ4v) is 1.78. The van der Waals surface area contributed by atoms with Gasteiger partial charge >= 0.3 is 0 Å². The normalized spacial score (nSPS) is 21.1. The van der Waals surface area contributed by atoms with Gasteiger partial charge < -0.3 is 10.6 Å². The Balaban J connectivity index is 2.23. The quantitative estimate of drug-likeness (QED) is 0.580. The van der Waals surface area contributed by atoms with Gasteiger partial charge in [0.15, 0.2) is 0 Å². The van der Waals surface area contributed by atoms with Crippen LogP contribution in [0.15, 0.2) is 12.4 Å². The van der Waals surface area contributed by atoms with E-state index in [9.17, 15) is 0 Å². The van der Waals surface area contributed by atoms with Crippen LogP contribution in [0.5, 0.6) is 0 Å². The Labute approximate surface area is 60.1 Å². The molecule has 1 saturated heterocycles. The number of hydrogen-bond donors (Lipinski definition) is 1. The lowest BCUT2D eigenvalue weighted by Crippen LogP contribution is -2.27. The van der Waals surface area contributed by atoms with E-state index < -0.39 is 0 Å². The van der Waals surface area contributed by atoms with Crippen molar-refractivity contribution in [3.8, 4) is 0 Å². The van der Waals surface area contributed by atoms with Crippen LogP contribution < -0.4 is 5.73 Å². The second-order valence-corrected chi connectivity index (χ2v) is 3.21. The first-order valence-electron chi connectivity index (χ1n) is 3.13. The van der Waals surface area contributed by atoms with Gasteiger partial charge in [-0.1, -0.05) is 0 Å². The van der Waals surface area contributed by atoms with Crippen molar-refractivity contribution in [2.45, 2.75) is 0 Å². The van der Waals surface area contributed by atoms with Gasteiger partial charge in [0.25, 0.3) is 0 Å². The highest BCUT2D eigenvalue weighted by atomic mass is 32.2. The Morgan fingerprint density at radius 1 is 1.33 bits per heavy atom. The third-order valence-corrected chi connectivity index (χ3v) is 2.29. The number of hydrogen-bond acceptors (Lipinski definition) is 3. The van der Waals surface area contributed by atoms with Crippen molar-refractivity contribution in [1.82, 2.24) is 4.90 Å². The zero-order chi connectivity index (χ0) is 6.53. The second kappa shape index (κ2) is 3.67.